The van der Waals surface area contributed by atoms with Crippen molar-refractivity contribution >= 4 is 27.5 Å². The maximum atomic E-state index is 10.7. The molecule has 0 fully saturated rings. The number of aromatic nitrogens is 1. The first-order valence-electron chi connectivity index (χ1n) is 4.43. The fraction of sp³-hybridized carbons (Fsp3) is 0.300. The second kappa shape index (κ2) is 3.13. The maximum Gasteiger partial charge on any atom is 0.352 e. The summed E-state index contributed by atoms with van der Waals surface area (Å²) in [6, 6.07) is 1.69. The highest BCUT2D eigenvalue weighted by molar-refractivity contribution is 7.17. The van der Waals surface area contributed by atoms with E-state index in [0.717, 1.165) is 10.2 Å². The molecule has 0 aliphatic rings. The number of carboxylic acid groups (broad SMARTS) is 1. The van der Waals surface area contributed by atoms with Crippen molar-refractivity contribution in [3.63, 3.8) is 0 Å². The van der Waals surface area contributed by atoms with Gasteiger partial charge in [0.1, 0.15) is 5.69 Å². The van der Waals surface area contributed by atoms with E-state index < -0.39 is 5.97 Å². The summed E-state index contributed by atoms with van der Waals surface area (Å²) in [4.78, 5) is 13.7. The molecule has 0 unspecified atom stereocenters. The van der Waals surface area contributed by atoms with Crippen LogP contribution in [0, 0.1) is 0 Å². The Labute approximate surface area is 85.4 Å². The van der Waals surface area contributed by atoms with Crippen LogP contribution in [0.4, 0.5) is 0 Å². The third-order valence-corrected chi connectivity index (χ3v) is 3.18. The highest BCUT2D eigenvalue weighted by Crippen LogP contribution is 2.31. The number of aromatic amines is 1. The fourth-order valence-electron chi connectivity index (χ4n) is 1.47. The number of nitrogens with one attached hydrogen (secondary N) is 1. The van der Waals surface area contributed by atoms with Gasteiger partial charge in [-0.2, -0.15) is 0 Å². The summed E-state index contributed by atoms with van der Waals surface area (Å²) in [6.45, 7) is 4.20. The Morgan fingerprint density at radius 1 is 1.57 bits per heavy atom. The Hall–Kier alpha value is -1.29. The summed E-state index contributed by atoms with van der Waals surface area (Å²) in [5.74, 6) is -0.479. The first-order chi connectivity index (χ1) is 6.59. The molecule has 4 heteroatoms. The van der Waals surface area contributed by atoms with Crippen LogP contribution in [0.5, 0.6) is 0 Å². The molecule has 0 saturated heterocycles. The zero-order valence-corrected chi connectivity index (χ0v) is 8.81. The van der Waals surface area contributed by atoms with E-state index in [1.807, 2.05) is 0 Å². The molecule has 0 aliphatic heterocycles. The van der Waals surface area contributed by atoms with E-state index in [9.17, 15) is 4.79 Å². The first-order valence-corrected chi connectivity index (χ1v) is 5.31. The molecule has 2 aromatic heterocycles. The topological polar surface area (TPSA) is 53.1 Å². The third kappa shape index (κ3) is 1.32. The minimum absolute atomic E-state index is 0.272. The van der Waals surface area contributed by atoms with Crippen molar-refractivity contribution in [3.8, 4) is 0 Å². The van der Waals surface area contributed by atoms with Gasteiger partial charge >= 0.3 is 5.97 Å². The Kier molecular flexibility index (Phi) is 2.07. The average molecular weight is 209 g/mol. The van der Waals surface area contributed by atoms with Crippen LogP contribution in [0.25, 0.3) is 10.2 Å². The molecule has 0 amide bonds. The van der Waals surface area contributed by atoms with Crippen molar-refractivity contribution in [1.82, 2.24) is 4.98 Å². The first kappa shape index (κ1) is 9.27. The summed E-state index contributed by atoms with van der Waals surface area (Å²) in [5, 5.41) is 10.9. The number of hydrogen-bond donors (Lipinski definition) is 2. The number of rotatable bonds is 2. The molecule has 0 spiro atoms. The monoisotopic (exact) mass is 209 g/mol. The van der Waals surface area contributed by atoms with Gasteiger partial charge in [0.2, 0.25) is 0 Å². The number of fused-ring (bicyclic) bond motifs is 1. The molecule has 2 N–H and O–H groups in total. The lowest BCUT2D eigenvalue weighted by atomic mass is 10.1. The van der Waals surface area contributed by atoms with Crippen LogP contribution in [0.15, 0.2) is 11.4 Å². The van der Waals surface area contributed by atoms with E-state index >= 15 is 0 Å². The molecule has 2 heterocycles. The summed E-state index contributed by atoms with van der Waals surface area (Å²) >= 11 is 1.59. The predicted octanol–water partition coefficient (Wildman–Crippen LogP) is 3.05. The SMILES string of the molecule is CC(C)c1csc2cc(C(=O)O)[nH]c12. The van der Waals surface area contributed by atoms with E-state index in [4.69, 9.17) is 5.11 Å². The van der Waals surface area contributed by atoms with Gasteiger partial charge < -0.3 is 10.1 Å². The van der Waals surface area contributed by atoms with Gasteiger partial charge in [-0.15, -0.1) is 11.3 Å². The van der Waals surface area contributed by atoms with Crippen LogP contribution < -0.4 is 0 Å². The molecular weight excluding hydrogens is 198 g/mol. The molecule has 0 aromatic carbocycles. The normalized spacial score (nSPS) is 11.4. The Morgan fingerprint density at radius 3 is 2.86 bits per heavy atom. The molecule has 74 valence electrons. The minimum Gasteiger partial charge on any atom is -0.477 e. The Bertz CT molecular complexity index is 481. The van der Waals surface area contributed by atoms with Gasteiger partial charge in [0, 0.05) is 0 Å². The lowest BCUT2D eigenvalue weighted by molar-refractivity contribution is 0.0691. The number of hydrogen-bond acceptors (Lipinski definition) is 2. The molecule has 0 bridgehead atoms. The Morgan fingerprint density at radius 2 is 2.29 bits per heavy atom. The number of aromatic carboxylic acids is 1. The fourth-order valence-corrected chi connectivity index (χ4v) is 2.59. The van der Waals surface area contributed by atoms with Crippen LogP contribution in [0.3, 0.4) is 0 Å². The number of carbonyl (C=O) groups is 1. The van der Waals surface area contributed by atoms with Crippen LogP contribution in [-0.2, 0) is 0 Å². The number of thiophene rings is 1. The third-order valence-electron chi connectivity index (χ3n) is 2.24. The largest absolute Gasteiger partial charge is 0.477 e. The number of H-pyrrole nitrogens is 1. The van der Waals surface area contributed by atoms with Crippen LogP contribution >= 0.6 is 11.3 Å². The van der Waals surface area contributed by atoms with E-state index in [-0.39, 0.29) is 5.69 Å². The van der Waals surface area contributed by atoms with E-state index in [0.29, 0.717) is 5.92 Å². The van der Waals surface area contributed by atoms with Gasteiger partial charge in [-0.1, -0.05) is 13.8 Å². The average Bonchev–Trinajstić information content (AvgIpc) is 2.58. The van der Waals surface area contributed by atoms with Crippen molar-refractivity contribution in [2.24, 2.45) is 0 Å². The molecule has 2 aromatic rings. The molecule has 3 nitrogen and oxygen atoms in total. The van der Waals surface area contributed by atoms with Crippen molar-refractivity contribution in [2.45, 2.75) is 19.8 Å². The van der Waals surface area contributed by atoms with Crippen LogP contribution in [-0.4, -0.2) is 16.1 Å². The molecule has 0 radical (unpaired) electrons. The van der Waals surface area contributed by atoms with Gasteiger partial charge in [0.25, 0.3) is 0 Å². The van der Waals surface area contributed by atoms with Crippen molar-refractivity contribution < 1.29 is 9.90 Å². The lowest BCUT2D eigenvalue weighted by Gasteiger charge is -1.99. The predicted molar refractivity (Wildman–Crippen MR) is 57.2 cm³/mol. The van der Waals surface area contributed by atoms with Gasteiger partial charge in [-0.3, -0.25) is 0 Å². The highest BCUT2D eigenvalue weighted by Gasteiger charge is 2.13. The lowest BCUT2D eigenvalue weighted by Crippen LogP contribution is -1.95. The van der Waals surface area contributed by atoms with Crippen molar-refractivity contribution in [2.75, 3.05) is 0 Å². The van der Waals surface area contributed by atoms with Crippen LogP contribution in [0.2, 0.25) is 0 Å². The van der Waals surface area contributed by atoms with Crippen LogP contribution in [0.1, 0.15) is 35.8 Å². The molecule has 2 rings (SSSR count). The summed E-state index contributed by atoms with van der Waals surface area (Å²) in [5.41, 5.74) is 2.44. The smallest absolute Gasteiger partial charge is 0.352 e. The zero-order valence-electron chi connectivity index (χ0n) is 8.00. The molecular formula is C10H11NO2S. The summed E-state index contributed by atoms with van der Waals surface area (Å²) in [7, 11) is 0. The summed E-state index contributed by atoms with van der Waals surface area (Å²) in [6.07, 6.45) is 0. The van der Waals surface area contributed by atoms with Gasteiger partial charge in [-0.25, -0.2) is 4.79 Å². The number of carboxylic acids is 1. The van der Waals surface area contributed by atoms with Gasteiger partial charge in [0.15, 0.2) is 0 Å². The zero-order chi connectivity index (χ0) is 10.3. The molecule has 0 saturated carbocycles. The van der Waals surface area contributed by atoms with Crippen molar-refractivity contribution in [1.29, 1.82) is 0 Å². The minimum atomic E-state index is -0.900. The molecule has 0 aliphatic carbocycles. The Balaban J connectivity index is 2.61. The molecule has 14 heavy (non-hydrogen) atoms. The van der Waals surface area contributed by atoms with E-state index in [1.54, 1.807) is 17.4 Å². The maximum absolute atomic E-state index is 10.7. The highest BCUT2D eigenvalue weighted by atomic mass is 32.1. The second-order valence-corrected chi connectivity index (χ2v) is 4.48. The van der Waals surface area contributed by atoms with Gasteiger partial charge in [-0.05, 0) is 22.9 Å². The van der Waals surface area contributed by atoms with Crippen molar-refractivity contribution in [3.05, 3.63) is 22.7 Å². The molecule has 0 atom stereocenters. The second-order valence-electron chi connectivity index (χ2n) is 3.57. The van der Waals surface area contributed by atoms with Gasteiger partial charge in [0.05, 0.1) is 10.2 Å². The standard InChI is InChI=1S/C10H11NO2S/c1-5(2)6-4-14-8-3-7(10(12)13)11-9(6)8/h3-5,11H,1-2H3,(H,12,13). The quantitative estimate of drug-likeness (QED) is 0.798. The van der Waals surface area contributed by atoms with E-state index in [1.165, 1.54) is 5.56 Å². The van der Waals surface area contributed by atoms with E-state index in [2.05, 4.69) is 24.2 Å². The summed E-state index contributed by atoms with van der Waals surface area (Å²) < 4.78 is 1.02.